The maximum absolute atomic E-state index is 12.2. The maximum atomic E-state index is 12.2. The van der Waals surface area contributed by atoms with Crippen molar-refractivity contribution in [3.8, 4) is 0 Å². The number of hydrogen-bond donors (Lipinski definition) is 3. The molecule has 5 nitrogen and oxygen atoms in total. The highest BCUT2D eigenvalue weighted by Gasteiger charge is 2.23. The number of benzene rings is 1. The Morgan fingerprint density at radius 1 is 1.30 bits per heavy atom. The number of nitrogens with one attached hydrogen (secondary N) is 3. The lowest BCUT2D eigenvalue weighted by Crippen LogP contribution is -2.38. The van der Waals surface area contributed by atoms with E-state index in [1.165, 1.54) is 0 Å². The Morgan fingerprint density at radius 3 is 2.95 bits per heavy atom. The third-order valence-corrected chi connectivity index (χ3v) is 3.69. The summed E-state index contributed by atoms with van der Waals surface area (Å²) in [6.07, 6.45) is 4.04. The van der Waals surface area contributed by atoms with Gasteiger partial charge in [0.1, 0.15) is 0 Å². The highest BCUT2D eigenvalue weighted by molar-refractivity contribution is 5.99. The molecule has 2 aliphatic rings. The number of carbonyl (C=O) groups excluding carboxylic acids is 2. The molecule has 0 spiro atoms. The molecule has 1 aliphatic carbocycles. The molecule has 0 aromatic heterocycles. The van der Waals surface area contributed by atoms with Crippen molar-refractivity contribution in [1.29, 1.82) is 0 Å². The third kappa shape index (κ3) is 2.92. The van der Waals surface area contributed by atoms with E-state index in [4.69, 9.17) is 0 Å². The predicted octanol–water partition coefficient (Wildman–Crippen LogP) is 1.05. The minimum atomic E-state index is -0.170. The van der Waals surface area contributed by atoms with Crippen LogP contribution in [0.25, 0.3) is 0 Å². The van der Waals surface area contributed by atoms with Crippen molar-refractivity contribution in [2.24, 2.45) is 0 Å². The molecule has 1 aromatic carbocycles. The lowest BCUT2D eigenvalue weighted by Gasteiger charge is -2.20. The van der Waals surface area contributed by atoms with Crippen LogP contribution in [0.5, 0.6) is 0 Å². The van der Waals surface area contributed by atoms with Gasteiger partial charge in [0, 0.05) is 23.8 Å². The van der Waals surface area contributed by atoms with Crippen LogP contribution in [-0.2, 0) is 11.2 Å². The highest BCUT2D eigenvalue weighted by atomic mass is 16.2. The minimum Gasteiger partial charge on any atom is -0.385 e. The number of rotatable bonds is 4. The lowest BCUT2D eigenvalue weighted by atomic mass is 9.97. The topological polar surface area (TPSA) is 70.2 Å². The molecule has 0 radical (unpaired) electrons. The molecule has 0 atom stereocenters. The van der Waals surface area contributed by atoms with E-state index in [1.807, 2.05) is 18.2 Å². The van der Waals surface area contributed by atoms with E-state index < -0.39 is 0 Å². The molecule has 1 fully saturated rings. The predicted molar refractivity (Wildman–Crippen MR) is 76.8 cm³/mol. The van der Waals surface area contributed by atoms with E-state index in [0.29, 0.717) is 11.6 Å². The average molecular weight is 273 g/mol. The standard InChI is InChI=1S/C15H19N3O2/c19-14(18-10-6-7-10)9-17-15(20)12-3-1-5-13-11(12)4-2-8-16-13/h1,3,5,10,16H,2,4,6-9H2,(H,17,20)(H,18,19). The van der Waals surface area contributed by atoms with E-state index in [1.54, 1.807) is 0 Å². The van der Waals surface area contributed by atoms with Crippen LogP contribution in [0.1, 0.15) is 35.2 Å². The van der Waals surface area contributed by atoms with Crippen LogP contribution >= 0.6 is 0 Å². The summed E-state index contributed by atoms with van der Waals surface area (Å²) in [6, 6.07) is 6.01. The lowest BCUT2D eigenvalue weighted by molar-refractivity contribution is -0.120. The van der Waals surface area contributed by atoms with Gasteiger partial charge in [-0.25, -0.2) is 0 Å². The van der Waals surface area contributed by atoms with Gasteiger partial charge in [0.15, 0.2) is 0 Å². The molecule has 1 aromatic rings. The molecule has 1 heterocycles. The second-order valence-corrected chi connectivity index (χ2v) is 5.39. The molecule has 0 saturated heterocycles. The Morgan fingerprint density at radius 2 is 2.15 bits per heavy atom. The van der Waals surface area contributed by atoms with Gasteiger partial charge in [-0.05, 0) is 43.4 Å². The Hall–Kier alpha value is -2.04. The summed E-state index contributed by atoms with van der Waals surface area (Å²) in [7, 11) is 0. The van der Waals surface area contributed by atoms with Gasteiger partial charge in [0.2, 0.25) is 5.91 Å². The quantitative estimate of drug-likeness (QED) is 0.768. The van der Waals surface area contributed by atoms with Gasteiger partial charge in [0.25, 0.3) is 5.91 Å². The van der Waals surface area contributed by atoms with E-state index in [0.717, 1.165) is 43.5 Å². The fourth-order valence-corrected chi connectivity index (χ4v) is 2.48. The summed E-state index contributed by atoms with van der Waals surface area (Å²) in [5.74, 6) is -0.278. The van der Waals surface area contributed by atoms with Crippen LogP contribution in [0.2, 0.25) is 0 Å². The Labute approximate surface area is 118 Å². The van der Waals surface area contributed by atoms with Gasteiger partial charge in [0.05, 0.1) is 6.54 Å². The maximum Gasteiger partial charge on any atom is 0.252 e. The van der Waals surface area contributed by atoms with Crippen molar-refractivity contribution in [3.05, 3.63) is 29.3 Å². The van der Waals surface area contributed by atoms with E-state index in [2.05, 4.69) is 16.0 Å². The Bertz CT molecular complexity index is 538. The molecule has 2 amide bonds. The van der Waals surface area contributed by atoms with Crippen molar-refractivity contribution in [2.75, 3.05) is 18.4 Å². The van der Waals surface area contributed by atoms with Crippen LogP contribution < -0.4 is 16.0 Å². The van der Waals surface area contributed by atoms with E-state index >= 15 is 0 Å². The van der Waals surface area contributed by atoms with Crippen LogP contribution in [-0.4, -0.2) is 30.9 Å². The van der Waals surface area contributed by atoms with Crippen molar-refractivity contribution in [3.63, 3.8) is 0 Å². The van der Waals surface area contributed by atoms with Crippen LogP contribution in [0.3, 0.4) is 0 Å². The van der Waals surface area contributed by atoms with Gasteiger partial charge in [-0.3, -0.25) is 9.59 Å². The second kappa shape index (κ2) is 5.53. The molecule has 1 saturated carbocycles. The van der Waals surface area contributed by atoms with Crippen LogP contribution in [0.15, 0.2) is 18.2 Å². The summed E-state index contributed by atoms with van der Waals surface area (Å²) in [5, 5.41) is 8.86. The zero-order valence-corrected chi connectivity index (χ0v) is 11.4. The normalized spacial score (nSPS) is 16.8. The molecule has 5 heteroatoms. The highest BCUT2D eigenvalue weighted by Crippen LogP contribution is 2.25. The smallest absolute Gasteiger partial charge is 0.252 e. The van der Waals surface area contributed by atoms with Crippen molar-refractivity contribution in [1.82, 2.24) is 10.6 Å². The number of hydrogen-bond acceptors (Lipinski definition) is 3. The zero-order chi connectivity index (χ0) is 13.9. The second-order valence-electron chi connectivity index (χ2n) is 5.39. The zero-order valence-electron chi connectivity index (χ0n) is 11.4. The van der Waals surface area contributed by atoms with Gasteiger partial charge < -0.3 is 16.0 Å². The molecule has 3 N–H and O–H groups in total. The number of anilines is 1. The van der Waals surface area contributed by atoms with Crippen LogP contribution in [0.4, 0.5) is 5.69 Å². The fraction of sp³-hybridized carbons (Fsp3) is 0.467. The van der Waals surface area contributed by atoms with E-state index in [-0.39, 0.29) is 18.4 Å². The molecule has 1 aliphatic heterocycles. The first kappa shape index (κ1) is 13.0. The van der Waals surface area contributed by atoms with Crippen molar-refractivity contribution in [2.45, 2.75) is 31.7 Å². The van der Waals surface area contributed by atoms with Crippen molar-refractivity contribution < 1.29 is 9.59 Å². The number of amides is 2. The van der Waals surface area contributed by atoms with E-state index in [9.17, 15) is 9.59 Å². The van der Waals surface area contributed by atoms with Gasteiger partial charge >= 0.3 is 0 Å². The molecule has 3 rings (SSSR count). The average Bonchev–Trinajstić information content (AvgIpc) is 3.28. The minimum absolute atomic E-state index is 0.0480. The summed E-state index contributed by atoms with van der Waals surface area (Å²) >= 11 is 0. The van der Waals surface area contributed by atoms with Gasteiger partial charge in [-0.2, -0.15) is 0 Å². The Kier molecular flexibility index (Phi) is 3.58. The SMILES string of the molecule is O=C(CNC(=O)c1cccc2c1CCCN2)NC1CC1. The summed E-state index contributed by atoms with van der Waals surface area (Å²) in [5.41, 5.74) is 2.76. The largest absolute Gasteiger partial charge is 0.385 e. The first-order valence-electron chi connectivity index (χ1n) is 7.17. The third-order valence-electron chi connectivity index (χ3n) is 3.69. The first-order valence-corrected chi connectivity index (χ1v) is 7.17. The van der Waals surface area contributed by atoms with Crippen LogP contribution in [0, 0.1) is 0 Å². The molecule has 0 bridgehead atoms. The summed E-state index contributed by atoms with van der Waals surface area (Å²) in [6.45, 7) is 0.994. The number of carbonyl (C=O) groups is 2. The molecular weight excluding hydrogens is 254 g/mol. The molecule has 20 heavy (non-hydrogen) atoms. The molecular formula is C15H19N3O2. The molecule has 0 unspecified atom stereocenters. The summed E-state index contributed by atoms with van der Waals surface area (Å²) in [4.78, 5) is 23.8. The summed E-state index contributed by atoms with van der Waals surface area (Å²) < 4.78 is 0. The monoisotopic (exact) mass is 273 g/mol. The first-order chi connectivity index (χ1) is 9.74. The van der Waals surface area contributed by atoms with Gasteiger partial charge in [-0.1, -0.05) is 6.07 Å². The fourth-order valence-electron chi connectivity index (χ4n) is 2.48. The number of fused-ring (bicyclic) bond motifs is 1. The Balaban J connectivity index is 1.63. The van der Waals surface area contributed by atoms with Crippen molar-refractivity contribution >= 4 is 17.5 Å². The van der Waals surface area contributed by atoms with Gasteiger partial charge in [-0.15, -0.1) is 0 Å². The molecule has 106 valence electrons.